The van der Waals surface area contributed by atoms with Gasteiger partial charge in [-0.25, -0.2) is 0 Å². The standard InChI is InChI=1S/C14H20N2O2/c1-11(17)13-3-5-14(6-4-13)16-9-7-15(8-10-16)12(2)18/h3-6,11,17H,7-10H2,1-2H3. The van der Waals surface area contributed by atoms with Crippen LogP contribution in [0.5, 0.6) is 0 Å². The number of carbonyl (C=O) groups excluding carboxylic acids is 1. The second-order valence-corrected chi connectivity index (χ2v) is 4.76. The molecule has 0 aromatic heterocycles. The molecule has 1 aromatic rings. The van der Waals surface area contributed by atoms with E-state index < -0.39 is 6.10 Å². The van der Waals surface area contributed by atoms with E-state index in [0.29, 0.717) is 0 Å². The first kappa shape index (κ1) is 12.9. The molecule has 1 aromatic carbocycles. The van der Waals surface area contributed by atoms with Gasteiger partial charge >= 0.3 is 0 Å². The van der Waals surface area contributed by atoms with Crippen molar-refractivity contribution in [2.45, 2.75) is 20.0 Å². The van der Waals surface area contributed by atoms with Crippen LogP contribution in [0.4, 0.5) is 5.69 Å². The Morgan fingerprint density at radius 3 is 2.17 bits per heavy atom. The van der Waals surface area contributed by atoms with Crippen molar-refractivity contribution in [1.29, 1.82) is 0 Å². The van der Waals surface area contributed by atoms with Gasteiger partial charge in [-0.2, -0.15) is 0 Å². The number of nitrogens with zero attached hydrogens (tertiary/aromatic N) is 2. The van der Waals surface area contributed by atoms with E-state index in [1.807, 2.05) is 29.2 Å². The normalized spacial score (nSPS) is 17.7. The summed E-state index contributed by atoms with van der Waals surface area (Å²) < 4.78 is 0. The molecular weight excluding hydrogens is 228 g/mol. The van der Waals surface area contributed by atoms with Gasteiger partial charge < -0.3 is 14.9 Å². The molecule has 0 bridgehead atoms. The van der Waals surface area contributed by atoms with Crippen molar-refractivity contribution in [2.75, 3.05) is 31.1 Å². The van der Waals surface area contributed by atoms with Crippen LogP contribution in [0.2, 0.25) is 0 Å². The van der Waals surface area contributed by atoms with E-state index >= 15 is 0 Å². The van der Waals surface area contributed by atoms with Crippen molar-refractivity contribution >= 4 is 11.6 Å². The fourth-order valence-electron chi connectivity index (χ4n) is 2.24. The van der Waals surface area contributed by atoms with Crippen LogP contribution in [0.3, 0.4) is 0 Å². The van der Waals surface area contributed by atoms with Crippen molar-refractivity contribution < 1.29 is 9.90 Å². The molecule has 1 aliphatic rings. The average Bonchev–Trinajstić information content (AvgIpc) is 2.39. The van der Waals surface area contributed by atoms with Gasteiger partial charge in [-0.3, -0.25) is 4.79 Å². The summed E-state index contributed by atoms with van der Waals surface area (Å²) in [6, 6.07) is 7.98. The molecule has 1 aliphatic heterocycles. The minimum atomic E-state index is -0.423. The van der Waals surface area contributed by atoms with Crippen LogP contribution < -0.4 is 4.90 Å². The van der Waals surface area contributed by atoms with Gasteiger partial charge in [-0.15, -0.1) is 0 Å². The Hall–Kier alpha value is -1.55. The summed E-state index contributed by atoms with van der Waals surface area (Å²) in [4.78, 5) is 15.4. The van der Waals surface area contributed by atoms with Crippen LogP contribution in [0.25, 0.3) is 0 Å². The molecule has 1 atom stereocenters. The molecule has 1 heterocycles. The summed E-state index contributed by atoms with van der Waals surface area (Å²) in [5.41, 5.74) is 2.09. The van der Waals surface area contributed by atoms with Gasteiger partial charge in [0.1, 0.15) is 0 Å². The Morgan fingerprint density at radius 2 is 1.72 bits per heavy atom. The van der Waals surface area contributed by atoms with Crippen LogP contribution in [-0.4, -0.2) is 42.1 Å². The minimum absolute atomic E-state index is 0.152. The summed E-state index contributed by atoms with van der Waals surface area (Å²) in [5, 5.41) is 9.46. The molecular formula is C14H20N2O2. The van der Waals surface area contributed by atoms with E-state index in [-0.39, 0.29) is 5.91 Å². The molecule has 1 fully saturated rings. The van der Waals surface area contributed by atoms with Gasteiger partial charge in [0.25, 0.3) is 0 Å². The van der Waals surface area contributed by atoms with Gasteiger partial charge in [0.05, 0.1) is 6.10 Å². The predicted molar refractivity (Wildman–Crippen MR) is 71.5 cm³/mol. The Balaban J connectivity index is 1.99. The maximum atomic E-state index is 11.2. The molecule has 1 amide bonds. The number of carbonyl (C=O) groups is 1. The summed E-state index contributed by atoms with van der Waals surface area (Å²) in [7, 11) is 0. The maximum absolute atomic E-state index is 11.2. The number of piperazine rings is 1. The summed E-state index contributed by atoms with van der Waals surface area (Å²) in [6.07, 6.45) is -0.423. The third kappa shape index (κ3) is 2.82. The molecule has 1 saturated heterocycles. The zero-order valence-electron chi connectivity index (χ0n) is 11.0. The van der Waals surface area contributed by atoms with Gasteiger partial charge in [-0.1, -0.05) is 12.1 Å². The molecule has 2 rings (SSSR count). The lowest BCUT2D eigenvalue weighted by atomic mass is 10.1. The first-order valence-electron chi connectivity index (χ1n) is 6.36. The van der Waals surface area contributed by atoms with E-state index in [9.17, 15) is 9.90 Å². The van der Waals surface area contributed by atoms with Crippen molar-refractivity contribution in [3.05, 3.63) is 29.8 Å². The Kier molecular flexibility index (Phi) is 3.87. The molecule has 0 spiro atoms. The molecule has 0 aliphatic carbocycles. The van der Waals surface area contributed by atoms with Gasteiger partial charge in [0, 0.05) is 38.8 Å². The van der Waals surface area contributed by atoms with Crippen molar-refractivity contribution in [2.24, 2.45) is 0 Å². The Bertz CT molecular complexity index is 406. The fourth-order valence-corrected chi connectivity index (χ4v) is 2.24. The number of hydrogen-bond donors (Lipinski definition) is 1. The highest BCUT2D eigenvalue weighted by molar-refractivity contribution is 5.73. The lowest BCUT2D eigenvalue weighted by Gasteiger charge is -2.35. The molecule has 0 radical (unpaired) electrons. The van der Waals surface area contributed by atoms with E-state index in [0.717, 1.165) is 37.4 Å². The first-order valence-corrected chi connectivity index (χ1v) is 6.36. The third-order valence-corrected chi connectivity index (χ3v) is 3.47. The van der Waals surface area contributed by atoms with Crippen LogP contribution >= 0.6 is 0 Å². The second kappa shape index (κ2) is 5.40. The number of benzene rings is 1. The summed E-state index contributed by atoms with van der Waals surface area (Å²) in [6.45, 7) is 6.69. The van der Waals surface area contributed by atoms with E-state index in [2.05, 4.69) is 4.90 Å². The van der Waals surface area contributed by atoms with Gasteiger partial charge in [-0.05, 0) is 24.6 Å². The van der Waals surface area contributed by atoms with Gasteiger partial charge in [0.2, 0.25) is 5.91 Å². The largest absolute Gasteiger partial charge is 0.389 e. The Morgan fingerprint density at radius 1 is 1.17 bits per heavy atom. The van der Waals surface area contributed by atoms with Crippen molar-refractivity contribution in [3.63, 3.8) is 0 Å². The van der Waals surface area contributed by atoms with Crippen LogP contribution in [0.1, 0.15) is 25.5 Å². The number of anilines is 1. The quantitative estimate of drug-likeness (QED) is 0.860. The minimum Gasteiger partial charge on any atom is -0.389 e. The van der Waals surface area contributed by atoms with E-state index in [4.69, 9.17) is 0 Å². The highest BCUT2D eigenvalue weighted by atomic mass is 16.3. The fraction of sp³-hybridized carbons (Fsp3) is 0.500. The third-order valence-electron chi connectivity index (χ3n) is 3.47. The van der Waals surface area contributed by atoms with Crippen LogP contribution in [-0.2, 0) is 4.79 Å². The predicted octanol–water partition coefficient (Wildman–Crippen LogP) is 1.41. The number of rotatable bonds is 2. The first-order chi connectivity index (χ1) is 8.58. The lowest BCUT2D eigenvalue weighted by Crippen LogP contribution is -2.48. The molecule has 4 nitrogen and oxygen atoms in total. The zero-order valence-corrected chi connectivity index (χ0v) is 11.0. The highest BCUT2D eigenvalue weighted by Crippen LogP contribution is 2.20. The summed E-state index contributed by atoms with van der Waals surface area (Å²) in [5.74, 6) is 0.152. The van der Waals surface area contributed by atoms with Crippen molar-refractivity contribution in [1.82, 2.24) is 4.90 Å². The monoisotopic (exact) mass is 248 g/mol. The van der Waals surface area contributed by atoms with Crippen LogP contribution in [0, 0.1) is 0 Å². The molecule has 18 heavy (non-hydrogen) atoms. The Labute approximate surface area is 108 Å². The maximum Gasteiger partial charge on any atom is 0.219 e. The molecule has 0 saturated carbocycles. The average molecular weight is 248 g/mol. The number of aliphatic hydroxyl groups excluding tert-OH is 1. The van der Waals surface area contributed by atoms with Crippen LogP contribution in [0.15, 0.2) is 24.3 Å². The molecule has 98 valence electrons. The topological polar surface area (TPSA) is 43.8 Å². The zero-order chi connectivity index (χ0) is 13.1. The van der Waals surface area contributed by atoms with E-state index in [1.165, 1.54) is 0 Å². The van der Waals surface area contributed by atoms with E-state index in [1.54, 1.807) is 13.8 Å². The van der Waals surface area contributed by atoms with Gasteiger partial charge in [0.15, 0.2) is 0 Å². The number of hydrogen-bond acceptors (Lipinski definition) is 3. The molecule has 4 heteroatoms. The molecule has 1 N–H and O–H groups in total. The smallest absolute Gasteiger partial charge is 0.219 e. The second-order valence-electron chi connectivity index (χ2n) is 4.76. The van der Waals surface area contributed by atoms with Crippen molar-refractivity contribution in [3.8, 4) is 0 Å². The number of amides is 1. The summed E-state index contributed by atoms with van der Waals surface area (Å²) >= 11 is 0. The molecule has 1 unspecified atom stereocenters. The SMILES string of the molecule is CC(=O)N1CCN(c2ccc(C(C)O)cc2)CC1. The highest BCUT2D eigenvalue weighted by Gasteiger charge is 2.18. The lowest BCUT2D eigenvalue weighted by molar-refractivity contribution is -0.129. The number of aliphatic hydroxyl groups is 1.